The van der Waals surface area contributed by atoms with Crippen LogP contribution in [0.3, 0.4) is 0 Å². The molecule has 1 heterocycles. The van der Waals surface area contributed by atoms with E-state index in [1.54, 1.807) is 6.08 Å². The molecule has 0 aliphatic rings. The topological polar surface area (TPSA) is 22.0 Å². The lowest BCUT2D eigenvalue weighted by atomic mass is 10.2. The summed E-state index contributed by atoms with van der Waals surface area (Å²) in [5.41, 5.74) is 2.56. The van der Waals surface area contributed by atoms with Crippen molar-refractivity contribution >= 4 is 17.5 Å². The summed E-state index contributed by atoms with van der Waals surface area (Å²) in [7, 11) is 0. The lowest BCUT2D eigenvalue weighted by Crippen LogP contribution is -2.06. The molecule has 0 saturated heterocycles. The third-order valence-corrected chi connectivity index (χ3v) is 4.44. The van der Waals surface area contributed by atoms with E-state index in [1.165, 1.54) is 17.8 Å². The number of allylic oxidation sites excluding steroid dienone is 1. The van der Waals surface area contributed by atoms with Gasteiger partial charge in [-0.3, -0.25) is 4.79 Å². The van der Waals surface area contributed by atoms with Gasteiger partial charge in [-0.25, -0.2) is 8.78 Å². The number of rotatable bonds is 6. The van der Waals surface area contributed by atoms with Crippen LogP contribution in [-0.2, 0) is 6.54 Å². The number of benzene rings is 1. The van der Waals surface area contributed by atoms with E-state index in [9.17, 15) is 13.6 Å². The third kappa shape index (κ3) is 3.47. The molecule has 2 rings (SSSR count). The number of halogens is 2. The van der Waals surface area contributed by atoms with Crippen molar-refractivity contribution in [1.82, 2.24) is 4.57 Å². The lowest BCUT2D eigenvalue weighted by molar-refractivity contribution is 0.102. The summed E-state index contributed by atoms with van der Waals surface area (Å²) in [4.78, 5) is 12.9. The van der Waals surface area contributed by atoms with E-state index >= 15 is 0 Å². The van der Waals surface area contributed by atoms with Crippen LogP contribution in [0, 0.1) is 25.5 Å². The number of Topliss-reactive ketones (excluding diaryl/α,β-unsaturated/α-hetero) is 1. The fourth-order valence-corrected chi connectivity index (χ4v) is 3.09. The number of nitrogens with zero attached hydrogens (tertiary/aromatic N) is 1. The molecule has 2 nitrogen and oxygen atoms in total. The molecular formula is C17H17F2NOS. The first-order valence-electron chi connectivity index (χ1n) is 6.82. The van der Waals surface area contributed by atoms with Gasteiger partial charge in [-0.2, -0.15) is 0 Å². The molecule has 0 atom stereocenters. The minimum absolute atomic E-state index is 0.0295. The number of ketones is 1. The van der Waals surface area contributed by atoms with Gasteiger partial charge in [0.1, 0.15) is 0 Å². The normalized spacial score (nSPS) is 10.7. The molecule has 0 saturated carbocycles. The number of aryl methyl sites for hydroxylation is 1. The van der Waals surface area contributed by atoms with Crippen LogP contribution in [0.4, 0.5) is 8.78 Å². The second-order valence-corrected chi connectivity index (χ2v) is 6.02. The Bertz CT molecular complexity index is 722. The van der Waals surface area contributed by atoms with Gasteiger partial charge in [0.25, 0.3) is 0 Å². The van der Waals surface area contributed by atoms with E-state index in [4.69, 9.17) is 0 Å². The van der Waals surface area contributed by atoms with E-state index < -0.39 is 11.6 Å². The molecule has 22 heavy (non-hydrogen) atoms. The molecule has 1 aromatic carbocycles. The zero-order valence-electron chi connectivity index (χ0n) is 12.5. The van der Waals surface area contributed by atoms with Crippen molar-refractivity contribution in [2.45, 2.75) is 25.3 Å². The van der Waals surface area contributed by atoms with E-state index in [0.717, 1.165) is 23.5 Å². The van der Waals surface area contributed by atoms with Crippen LogP contribution in [0.25, 0.3) is 0 Å². The Morgan fingerprint density at radius 1 is 1.27 bits per heavy atom. The number of carbonyl (C=O) groups excluding carboxylic acids is 1. The molecular weight excluding hydrogens is 304 g/mol. The monoisotopic (exact) mass is 321 g/mol. The highest BCUT2D eigenvalue weighted by atomic mass is 32.2. The van der Waals surface area contributed by atoms with Crippen molar-refractivity contribution in [3.05, 3.63) is 65.5 Å². The van der Waals surface area contributed by atoms with Crippen molar-refractivity contribution in [3.8, 4) is 0 Å². The largest absolute Gasteiger partial charge is 0.345 e. The van der Waals surface area contributed by atoms with Crippen molar-refractivity contribution in [2.75, 3.05) is 5.75 Å². The third-order valence-electron chi connectivity index (χ3n) is 3.45. The minimum Gasteiger partial charge on any atom is -0.345 e. The fraction of sp³-hybridized carbons (Fsp3) is 0.235. The highest BCUT2D eigenvalue weighted by Crippen LogP contribution is 2.23. The van der Waals surface area contributed by atoms with E-state index in [0.29, 0.717) is 17.0 Å². The van der Waals surface area contributed by atoms with Crippen LogP contribution in [0.1, 0.15) is 21.7 Å². The Labute approximate surface area is 132 Å². The van der Waals surface area contributed by atoms with Crippen molar-refractivity contribution in [1.29, 1.82) is 0 Å². The number of aromatic nitrogens is 1. The molecule has 0 N–H and O–H groups in total. The summed E-state index contributed by atoms with van der Waals surface area (Å²) < 4.78 is 28.0. The molecule has 116 valence electrons. The van der Waals surface area contributed by atoms with Crippen LogP contribution in [0.2, 0.25) is 0 Å². The minimum atomic E-state index is -0.901. The maximum atomic E-state index is 13.1. The first-order chi connectivity index (χ1) is 10.4. The molecule has 1 aromatic heterocycles. The summed E-state index contributed by atoms with van der Waals surface area (Å²) >= 11 is 1.20. The quantitative estimate of drug-likeness (QED) is 0.442. The Hall–Kier alpha value is -1.88. The predicted octanol–water partition coefficient (Wildman–Crippen LogP) is 4.54. The summed E-state index contributed by atoms with van der Waals surface area (Å²) in [6.07, 6.45) is 1.78. The Balaban J connectivity index is 2.11. The highest BCUT2D eigenvalue weighted by molar-refractivity contribution is 8.00. The van der Waals surface area contributed by atoms with Gasteiger partial charge in [-0.1, -0.05) is 6.08 Å². The maximum absolute atomic E-state index is 13.1. The Morgan fingerprint density at radius 3 is 2.64 bits per heavy atom. The van der Waals surface area contributed by atoms with E-state index in [2.05, 4.69) is 6.58 Å². The van der Waals surface area contributed by atoms with Crippen LogP contribution < -0.4 is 0 Å². The van der Waals surface area contributed by atoms with Crippen LogP contribution in [-0.4, -0.2) is 16.1 Å². The van der Waals surface area contributed by atoms with Gasteiger partial charge in [0.05, 0.1) is 5.75 Å². The Kier molecular flexibility index (Phi) is 5.19. The molecule has 0 radical (unpaired) electrons. The van der Waals surface area contributed by atoms with Gasteiger partial charge < -0.3 is 4.57 Å². The second kappa shape index (κ2) is 6.92. The molecule has 0 fully saturated rings. The molecule has 0 aliphatic carbocycles. The molecule has 0 bridgehead atoms. The number of hydrogen-bond acceptors (Lipinski definition) is 2. The summed E-state index contributed by atoms with van der Waals surface area (Å²) in [6, 6.07) is 5.50. The summed E-state index contributed by atoms with van der Waals surface area (Å²) in [5.74, 6) is -1.63. The summed E-state index contributed by atoms with van der Waals surface area (Å²) in [6.45, 7) is 8.20. The van der Waals surface area contributed by atoms with Gasteiger partial charge in [-0.05, 0) is 38.1 Å². The SMILES string of the molecule is C=CCn1c(C)cc(C(=O)CSc2ccc(F)c(F)c2)c1C. The van der Waals surface area contributed by atoms with Gasteiger partial charge in [0.15, 0.2) is 17.4 Å². The average molecular weight is 321 g/mol. The second-order valence-electron chi connectivity index (χ2n) is 4.97. The molecule has 2 aromatic rings. The predicted molar refractivity (Wildman–Crippen MR) is 85.5 cm³/mol. The first kappa shape index (κ1) is 16.5. The fourth-order valence-electron chi connectivity index (χ4n) is 2.29. The van der Waals surface area contributed by atoms with Gasteiger partial charge in [-0.15, -0.1) is 18.3 Å². The number of hydrogen-bond donors (Lipinski definition) is 0. The van der Waals surface area contributed by atoms with Crippen molar-refractivity contribution in [3.63, 3.8) is 0 Å². The van der Waals surface area contributed by atoms with Crippen LogP contribution in [0.15, 0.2) is 41.8 Å². The van der Waals surface area contributed by atoms with Crippen LogP contribution in [0.5, 0.6) is 0 Å². The molecule has 0 aliphatic heterocycles. The van der Waals surface area contributed by atoms with E-state index in [-0.39, 0.29) is 11.5 Å². The van der Waals surface area contributed by atoms with E-state index in [1.807, 2.05) is 24.5 Å². The lowest BCUT2D eigenvalue weighted by Gasteiger charge is -2.06. The van der Waals surface area contributed by atoms with Crippen LogP contribution >= 0.6 is 11.8 Å². The highest BCUT2D eigenvalue weighted by Gasteiger charge is 2.15. The summed E-state index contributed by atoms with van der Waals surface area (Å²) in [5, 5.41) is 0. The molecule has 0 unspecified atom stereocenters. The molecule has 5 heteroatoms. The molecule has 0 spiro atoms. The zero-order chi connectivity index (χ0) is 16.3. The van der Waals surface area contributed by atoms with Gasteiger partial charge >= 0.3 is 0 Å². The first-order valence-corrected chi connectivity index (χ1v) is 7.81. The van der Waals surface area contributed by atoms with Gasteiger partial charge in [0.2, 0.25) is 0 Å². The number of carbonyl (C=O) groups is 1. The molecule has 0 amide bonds. The van der Waals surface area contributed by atoms with Crippen molar-refractivity contribution < 1.29 is 13.6 Å². The smallest absolute Gasteiger partial charge is 0.174 e. The Morgan fingerprint density at radius 2 is 2.00 bits per heavy atom. The average Bonchev–Trinajstić information content (AvgIpc) is 2.77. The number of thioether (sulfide) groups is 1. The van der Waals surface area contributed by atoms with Crippen molar-refractivity contribution in [2.24, 2.45) is 0 Å². The maximum Gasteiger partial charge on any atom is 0.174 e. The van der Waals surface area contributed by atoms with Gasteiger partial charge in [0, 0.05) is 28.4 Å². The standard InChI is InChI=1S/C17H17F2NOS/c1-4-7-20-11(2)8-14(12(20)3)17(21)10-22-13-5-6-15(18)16(19)9-13/h4-6,8-9H,1,7,10H2,2-3H3. The zero-order valence-corrected chi connectivity index (χ0v) is 13.3.